The summed E-state index contributed by atoms with van der Waals surface area (Å²) < 4.78 is 39.9. The molecule has 1 amide bonds. The standard InChI is InChI=1S/C20H22ClFN2O3S/c21-18-6-4-15(5-7-18)14-28(26,27)24-10-8-17(9-11-24)20(25)23-13-16-2-1-3-19(22)12-16/h1-7,12,17H,8-11,13-14H2,(H,23,25). The fourth-order valence-corrected chi connectivity index (χ4v) is 4.95. The van der Waals surface area contributed by atoms with Gasteiger partial charge in [0, 0.05) is 30.6 Å². The maximum Gasteiger partial charge on any atom is 0.223 e. The van der Waals surface area contributed by atoms with Crippen LogP contribution in [-0.4, -0.2) is 31.7 Å². The Kier molecular flexibility index (Phi) is 6.69. The molecule has 0 unspecified atom stereocenters. The predicted octanol–water partition coefficient (Wildman–Crippen LogP) is 3.34. The minimum Gasteiger partial charge on any atom is -0.352 e. The molecule has 1 N–H and O–H groups in total. The topological polar surface area (TPSA) is 66.5 Å². The molecular formula is C20H22ClFN2O3S. The molecule has 2 aromatic carbocycles. The zero-order valence-corrected chi connectivity index (χ0v) is 16.8. The van der Waals surface area contributed by atoms with E-state index in [1.54, 1.807) is 36.4 Å². The highest BCUT2D eigenvalue weighted by molar-refractivity contribution is 7.88. The molecule has 1 aliphatic rings. The summed E-state index contributed by atoms with van der Waals surface area (Å²) in [6.45, 7) is 0.883. The lowest BCUT2D eigenvalue weighted by Gasteiger charge is -2.30. The second-order valence-electron chi connectivity index (χ2n) is 6.90. The predicted molar refractivity (Wildman–Crippen MR) is 107 cm³/mol. The van der Waals surface area contributed by atoms with Gasteiger partial charge in [-0.3, -0.25) is 4.79 Å². The molecule has 0 bridgehead atoms. The van der Waals surface area contributed by atoms with Crippen molar-refractivity contribution in [3.8, 4) is 0 Å². The molecule has 1 fully saturated rings. The second-order valence-corrected chi connectivity index (χ2v) is 9.31. The molecule has 0 radical (unpaired) electrons. The number of carbonyl (C=O) groups excluding carboxylic acids is 1. The third-order valence-corrected chi connectivity index (χ3v) is 6.94. The van der Waals surface area contributed by atoms with Crippen molar-refractivity contribution in [2.24, 2.45) is 5.92 Å². The van der Waals surface area contributed by atoms with E-state index in [-0.39, 0.29) is 29.9 Å². The van der Waals surface area contributed by atoms with Gasteiger partial charge in [-0.25, -0.2) is 17.1 Å². The van der Waals surface area contributed by atoms with E-state index >= 15 is 0 Å². The summed E-state index contributed by atoms with van der Waals surface area (Å²) in [4.78, 5) is 12.4. The number of amides is 1. The van der Waals surface area contributed by atoms with Gasteiger partial charge in [-0.15, -0.1) is 0 Å². The van der Waals surface area contributed by atoms with Crippen molar-refractivity contribution in [2.45, 2.75) is 25.1 Å². The molecule has 0 saturated carbocycles. The largest absolute Gasteiger partial charge is 0.352 e. The lowest BCUT2D eigenvalue weighted by Crippen LogP contribution is -2.43. The van der Waals surface area contributed by atoms with Crippen LogP contribution in [0.2, 0.25) is 5.02 Å². The summed E-state index contributed by atoms with van der Waals surface area (Å²) in [5, 5.41) is 3.37. The van der Waals surface area contributed by atoms with E-state index in [0.29, 0.717) is 42.1 Å². The van der Waals surface area contributed by atoms with Crippen LogP contribution in [0.25, 0.3) is 0 Å². The van der Waals surface area contributed by atoms with Gasteiger partial charge in [0.25, 0.3) is 0 Å². The van der Waals surface area contributed by atoms with Crippen LogP contribution in [0, 0.1) is 11.7 Å². The first kappa shape index (κ1) is 20.8. The van der Waals surface area contributed by atoms with Crippen molar-refractivity contribution in [2.75, 3.05) is 13.1 Å². The molecule has 0 aliphatic carbocycles. The molecule has 1 aliphatic heterocycles. The van der Waals surface area contributed by atoms with E-state index in [2.05, 4.69) is 5.32 Å². The van der Waals surface area contributed by atoms with Gasteiger partial charge in [0.1, 0.15) is 5.82 Å². The van der Waals surface area contributed by atoms with Crippen molar-refractivity contribution < 1.29 is 17.6 Å². The SMILES string of the molecule is O=C(NCc1cccc(F)c1)C1CCN(S(=O)(=O)Cc2ccc(Cl)cc2)CC1. The van der Waals surface area contributed by atoms with E-state index in [0.717, 1.165) is 0 Å². The van der Waals surface area contributed by atoms with Crippen molar-refractivity contribution >= 4 is 27.5 Å². The van der Waals surface area contributed by atoms with Gasteiger partial charge in [0.05, 0.1) is 5.75 Å². The summed E-state index contributed by atoms with van der Waals surface area (Å²) in [5.74, 6) is -0.791. The number of sulfonamides is 1. The summed E-state index contributed by atoms with van der Waals surface area (Å²) in [5.41, 5.74) is 1.37. The number of benzene rings is 2. The zero-order chi connectivity index (χ0) is 20.1. The van der Waals surface area contributed by atoms with E-state index in [1.165, 1.54) is 16.4 Å². The van der Waals surface area contributed by atoms with E-state index in [1.807, 2.05) is 0 Å². The van der Waals surface area contributed by atoms with Crippen LogP contribution in [0.1, 0.15) is 24.0 Å². The molecule has 0 atom stereocenters. The molecule has 150 valence electrons. The van der Waals surface area contributed by atoms with Gasteiger partial charge in [0.2, 0.25) is 15.9 Å². The van der Waals surface area contributed by atoms with Gasteiger partial charge in [-0.1, -0.05) is 35.9 Å². The fraction of sp³-hybridized carbons (Fsp3) is 0.350. The molecule has 28 heavy (non-hydrogen) atoms. The third-order valence-electron chi connectivity index (χ3n) is 4.84. The Morgan fingerprint density at radius 2 is 1.79 bits per heavy atom. The van der Waals surface area contributed by atoms with Crippen molar-refractivity contribution in [1.29, 1.82) is 0 Å². The Morgan fingerprint density at radius 3 is 2.43 bits per heavy atom. The first-order valence-electron chi connectivity index (χ1n) is 9.08. The average molecular weight is 425 g/mol. The van der Waals surface area contributed by atoms with E-state index in [9.17, 15) is 17.6 Å². The number of nitrogens with one attached hydrogen (secondary N) is 1. The van der Waals surface area contributed by atoms with Gasteiger partial charge in [-0.05, 0) is 48.2 Å². The summed E-state index contributed by atoms with van der Waals surface area (Å²) >= 11 is 5.83. The Morgan fingerprint density at radius 1 is 1.11 bits per heavy atom. The zero-order valence-electron chi connectivity index (χ0n) is 15.3. The van der Waals surface area contributed by atoms with Crippen molar-refractivity contribution in [1.82, 2.24) is 9.62 Å². The second kappa shape index (κ2) is 9.03. The molecule has 1 heterocycles. The lowest BCUT2D eigenvalue weighted by atomic mass is 9.97. The Bertz CT molecular complexity index is 927. The highest BCUT2D eigenvalue weighted by Gasteiger charge is 2.31. The number of halogens is 2. The maximum atomic E-state index is 13.2. The molecule has 0 aromatic heterocycles. The van der Waals surface area contributed by atoms with Crippen LogP contribution in [0.3, 0.4) is 0 Å². The summed E-state index contributed by atoms with van der Waals surface area (Å²) in [6.07, 6.45) is 0.934. The molecule has 5 nitrogen and oxygen atoms in total. The number of piperidine rings is 1. The van der Waals surface area contributed by atoms with Crippen LogP contribution in [0.15, 0.2) is 48.5 Å². The van der Waals surface area contributed by atoms with Crippen LogP contribution in [-0.2, 0) is 27.1 Å². The van der Waals surface area contributed by atoms with E-state index < -0.39 is 10.0 Å². The number of hydrogen-bond acceptors (Lipinski definition) is 3. The average Bonchev–Trinajstić information content (AvgIpc) is 2.68. The van der Waals surface area contributed by atoms with Crippen molar-refractivity contribution in [3.63, 3.8) is 0 Å². The first-order chi connectivity index (χ1) is 13.3. The smallest absolute Gasteiger partial charge is 0.223 e. The Labute approximate surface area is 169 Å². The Balaban J connectivity index is 1.50. The fourth-order valence-electron chi connectivity index (χ4n) is 3.26. The van der Waals surface area contributed by atoms with Gasteiger partial charge >= 0.3 is 0 Å². The summed E-state index contributed by atoms with van der Waals surface area (Å²) in [6, 6.07) is 12.8. The monoisotopic (exact) mass is 424 g/mol. The van der Waals surface area contributed by atoms with Crippen LogP contribution in [0.4, 0.5) is 4.39 Å². The molecule has 3 rings (SSSR count). The number of carbonyl (C=O) groups is 1. The van der Waals surface area contributed by atoms with Gasteiger partial charge < -0.3 is 5.32 Å². The minimum absolute atomic E-state index is 0.0827. The van der Waals surface area contributed by atoms with Gasteiger partial charge in [0.15, 0.2) is 0 Å². The minimum atomic E-state index is -3.44. The quantitative estimate of drug-likeness (QED) is 0.773. The summed E-state index contributed by atoms with van der Waals surface area (Å²) in [7, 11) is -3.44. The highest BCUT2D eigenvalue weighted by atomic mass is 35.5. The van der Waals surface area contributed by atoms with Crippen molar-refractivity contribution in [3.05, 3.63) is 70.5 Å². The number of rotatable bonds is 6. The molecule has 8 heteroatoms. The molecule has 1 saturated heterocycles. The Hall–Kier alpha value is -1.96. The van der Waals surface area contributed by atoms with E-state index in [4.69, 9.17) is 11.6 Å². The molecule has 0 spiro atoms. The third kappa shape index (κ3) is 5.53. The number of nitrogens with zero attached hydrogens (tertiary/aromatic N) is 1. The van der Waals surface area contributed by atoms with Gasteiger partial charge in [-0.2, -0.15) is 0 Å². The highest BCUT2D eigenvalue weighted by Crippen LogP contribution is 2.22. The lowest BCUT2D eigenvalue weighted by molar-refractivity contribution is -0.126. The maximum absolute atomic E-state index is 13.2. The molecular weight excluding hydrogens is 403 g/mol. The van der Waals surface area contributed by atoms with Crippen LogP contribution < -0.4 is 5.32 Å². The molecule has 2 aromatic rings. The first-order valence-corrected chi connectivity index (χ1v) is 11.1. The van der Waals surface area contributed by atoms with Crippen LogP contribution in [0.5, 0.6) is 0 Å². The normalized spacial score (nSPS) is 16.1. The number of hydrogen-bond donors (Lipinski definition) is 1. The van der Waals surface area contributed by atoms with Crippen LogP contribution >= 0.6 is 11.6 Å².